The van der Waals surface area contributed by atoms with Crippen LogP contribution in [-0.2, 0) is 20.8 Å². The molecule has 0 bridgehead atoms. The van der Waals surface area contributed by atoms with Crippen LogP contribution in [0.15, 0.2) is 22.8 Å². The summed E-state index contributed by atoms with van der Waals surface area (Å²) in [4.78, 5) is 11.9. The minimum absolute atomic E-state index is 0.0333. The van der Waals surface area contributed by atoms with Gasteiger partial charge in [-0.3, -0.25) is 4.79 Å². The summed E-state index contributed by atoms with van der Waals surface area (Å²) in [5.74, 6) is 0.562. The molecule has 0 saturated carbocycles. The number of hydrogen-bond donors (Lipinski definition) is 2. The Labute approximate surface area is 125 Å². The van der Waals surface area contributed by atoms with Crippen LogP contribution in [0.4, 0.5) is 0 Å². The number of ether oxygens (including phenoxy) is 2. The number of morpholine rings is 1. The van der Waals surface area contributed by atoms with E-state index in [0.717, 1.165) is 18.8 Å². The van der Waals surface area contributed by atoms with Crippen LogP contribution in [-0.4, -0.2) is 43.4 Å². The van der Waals surface area contributed by atoms with E-state index in [1.165, 1.54) is 0 Å². The van der Waals surface area contributed by atoms with Gasteiger partial charge in [0.05, 0.1) is 31.1 Å². The molecule has 1 aliphatic rings. The Kier molecular flexibility index (Phi) is 5.39. The number of nitrogens with one attached hydrogen (secondary N) is 2. The largest absolute Gasteiger partial charge is 0.467 e. The van der Waals surface area contributed by atoms with E-state index in [-0.39, 0.29) is 17.6 Å². The van der Waals surface area contributed by atoms with Crippen molar-refractivity contribution in [1.82, 2.24) is 10.6 Å². The van der Waals surface area contributed by atoms with Crippen LogP contribution in [0, 0.1) is 0 Å². The second kappa shape index (κ2) is 7.06. The predicted molar refractivity (Wildman–Crippen MR) is 77.8 cm³/mol. The first-order valence-electron chi connectivity index (χ1n) is 7.26. The van der Waals surface area contributed by atoms with Crippen LogP contribution in [0.5, 0.6) is 0 Å². The third-order valence-corrected chi connectivity index (χ3v) is 3.33. The maximum absolute atomic E-state index is 11.9. The van der Waals surface area contributed by atoms with Gasteiger partial charge in [0.15, 0.2) is 0 Å². The molecule has 1 saturated heterocycles. The Bertz CT molecular complexity index is 445. The van der Waals surface area contributed by atoms with E-state index < -0.39 is 6.10 Å². The molecule has 1 aliphatic heterocycles. The topological polar surface area (TPSA) is 72.7 Å². The standard InChI is InChI=1S/C15H24N2O4/c1-11(14(18)17-8-12-5-4-6-19-12)20-9-13-7-16-10-15(2,3)21-13/h4-6,11,13,16H,7-10H2,1-3H3,(H,17,18). The lowest BCUT2D eigenvalue weighted by molar-refractivity contribution is -0.145. The number of rotatable bonds is 6. The second-order valence-electron chi connectivity index (χ2n) is 5.90. The number of amides is 1. The fourth-order valence-electron chi connectivity index (χ4n) is 2.22. The van der Waals surface area contributed by atoms with Gasteiger partial charge in [0, 0.05) is 13.1 Å². The minimum Gasteiger partial charge on any atom is -0.467 e. The third kappa shape index (κ3) is 5.15. The maximum Gasteiger partial charge on any atom is 0.249 e. The van der Waals surface area contributed by atoms with Gasteiger partial charge in [-0.15, -0.1) is 0 Å². The summed E-state index contributed by atoms with van der Waals surface area (Å²) in [5.41, 5.74) is -0.197. The van der Waals surface area contributed by atoms with Crippen LogP contribution >= 0.6 is 0 Å². The summed E-state index contributed by atoms with van der Waals surface area (Å²) in [6.07, 6.45) is 1.03. The molecule has 1 aromatic rings. The third-order valence-electron chi connectivity index (χ3n) is 3.33. The molecule has 6 heteroatoms. The zero-order valence-corrected chi connectivity index (χ0v) is 12.8. The van der Waals surface area contributed by atoms with Crippen molar-refractivity contribution in [3.63, 3.8) is 0 Å². The monoisotopic (exact) mass is 296 g/mol. The number of hydrogen-bond acceptors (Lipinski definition) is 5. The van der Waals surface area contributed by atoms with Crippen molar-refractivity contribution in [3.05, 3.63) is 24.2 Å². The molecule has 0 aromatic carbocycles. The van der Waals surface area contributed by atoms with Gasteiger partial charge in [-0.1, -0.05) is 0 Å². The van der Waals surface area contributed by atoms with Gasteiger partial charge in [-0.05, 0) is 32.9 Å². The molecule has 0 spiro atoms. The summed E-state index contributed by atoms with van der Waals surface area (Å²) >= 11 is 0. The zero-order chi connectivity index (χ0) is 15.3. The molecular weight excluding hydrogens is 272 g/mol. The Hall–Kier alpha value is -1.37. The van der Waals surface area contributed by atoms with Crippen molar-refractivity contribution in [3.8, 4) is 0 Å². The Morgan fingerprint density at radius 2 is 2.43 bits per heavy atom. The Morgan fingerprint density at radius 1 is 1.62 bits per heavy atom. The van der Waals surface area contributed by atoms with Crippen molar-refractivity contribution in [2.45, 2.75) is 45.1 Å². The van der Waals surface area contributed by atoms with Gasteiger partial charge < -0.3 is 24.5 Å². The van der Waals surface area contributed by atoms with E-state index in [1.54, 1.807) is 19.3 Å². The molecule has 2 atom stereocenters. The fourth-order valence-corrected chi connectivity index (χ4v) is 2.22. The highest BCUT2D eigenvalue weighted by Gasteiger charge is 2.29. The Morgan fingerprint density at radius 3 is 3.10 bits per heavy atom. The second-order valence-corrected chi connectivity index (χ2v) is 5.90. The van der Waals surface area contributed by atoms with Gasteiger partial charge in [-0.25, -0.2) is 0 Å². The molecule has 1 fully saturated rings. The summed E-state index contributed by atoms with van der Waals surface area (Å²) in [5, 5.41) is 6.08. The molecule has 2 unspecified atom stereocenters. The van der Waals surface area contributed by atoms with Crippen molar-refractivity contribution in [2.75, 3.05) is 19.7 Å². The van der Waals surface area contributed by atoms with Gasteiger partial charge in [0.25, 0.3) is 0 Å². The molecule has 2 N–H and O–H groups in total. The molecule has 0 aliphatic carbocycles. The molecule has 6 nitrogen and oxygen atoms in total. The van der Waals surface area contributed by atoms with Gasteiger partial charge >= 0.3 is 0 Å². The summed E-state index contributed by atoms with van der Waals surface area (Å²) in [7, 11) is 0. The Balaban J connectivity index is 1.68. The molecule has 118 valence electrons. The van der Waals surface area contributed by atoms with Gasteiger partial charge in [-0.2, -0.15) is 0 Å². The molecule has 1 amide bonds. The van der Waals surface area contributed by atoms with Crippen LogP contribution in [0.1, 0.15) is 26.5 Å². The first-order valence-corrected chi connectivity index (χ1v) is 7.26. The number of furan rings is 1. The molecule has 21 heavy (non-hydrogen) atoms. The summed E-state index contributed by atoms with van der Waals surface area (Å²) < 4.78 is 16.6. The number of carbonyl (C=O) groups excluding carboxylic acids is 1. The van der Waals surface area contributed by atoms with Crippen molar-refractivity contribution < 1.29 is 18.7 Å². The fraction of sp³-hybridized carbons (Fsp3) is 0.667. The number of carbonyl (C=O) groups is 1. The summed E-state index contributed by atoms with van der Waals surface area (Å²) in [6, 6.07) is 3.60. The van der Waals surface area contributed by atoms with Gasteiger partial charge in [0.1, 0.15) is 11.9 Å². The summed E-state index contributed by atoms with van der Waals surface area (Å²) in [6.45, 7) is 8.13. The average Bonchev–Trinajstić information content (AvgIpc) is 2.94. The van der Waals surface area contributed by atoms with E-state index in [2.05, 4.69) is 10.6 Å². The van der Waals surface area contributed by atoms with E-state index in [1.807, 2.05) is 19.9 Å². The lowest BCUT2D eigenvalue weighted by atomic mass is 10.1. The molecule has 2 rings (SSSR count). The maximum atomic E-state index is 11.9. The lowest BCUT2D eigenvalue weighted by Crippen LogP contribution is -2.52. The van der Waals surface area contributed by atoms with Crippen LogP contribution in [0.2, 0.25) is 0 Å². The molecule has 1 aromatic heterocycles. The minimum atomic E-state index is -0.520. The van der Waals surface area contributed by atoms with Gasteiger partial charge in [0.2, 0.25) is 5.91 Å². The van der Waals surface area contributed by atoms with Crippen LogP contribution < -0.4 is 10.6 Å². The smallest absolute Gasteiger partial charge is 0.249 e. The van der Waals surface area contributed by atoms with Crippen molar-refractivity contribution in [2.24, 2.45) is 0 Å². The van der Waals surface area contributed by atoms with Crippen molar-refractivity contribution in [1.29, 1.82) is 0 Å². The van der Waals surface area contributed by atoms with Crippen molar-refractivity contribution >= 4 is 5.91 Å². The first kappa shape index (κ1) is 16.0. The first-order chi connectivity index (χ1) is 9.96. The predicted octanol–water partition coefficient (Wildman–Crippen LogP) is 1.07. The van der Waals surface area contributed by atoms with E-state index >= 15 is 0 Å². The highest BCUT2D eigenvalue weighted by molar-refractivity contribution is 5.80. The quantitative estimate of drug-likeness (QED) is 0.821. The lowest BCUT2D eigenvalue weighted by Gasteiger charge is -2.36. The molecule has 2 heterocycles. The molecule has 0 radical (unpaired) electrons. The van der Waals surface area contributed by atoms with E-state index in [4.69, 9.17) is 13.9 Å². The SMILES string of the molecule is CC(OCC1CNCC(C)(C)O1)C(=O)NCc1ccco1. The highest BCUT2D eigenvalue weighted by atomic mass is 16.6. The normalized spacial score (nSPS) is 22.7. The van der Waals surface area contributed by atoms with E-state index in [9.17, 15) is 4.79 Å². The van der Waals surface area contributed by atoms with E-state index in [0.29, 0.717) is 13.2 Å². The zero-order valence-electron chi connectivity index (χ0n) is 12.8. The highest BCUT2D eigenvalue weighted by Crippen LogP contribution is 2.15. The van der Waals surface area contributed by atoms with Crippen LogP contribution in [0.3, 0.4) is 0 Å². The van der Waals surface area contributed by atoms with Crippen LogP contribution in [0.25, 0.3) is 0 Å². The average molecular weight is 296 g/mol. The molecular formula is C15H24N2O4.